The van der Waals surface area contributed by atoms with E-state index in [4.69, 9.17) is 33.2 Å². The number of hydrogen-bond acceptors (Lipinski definition) is 14. The Bertz CT molecular complexity index is 1940. The lowest BCUT2D eigenvalue weighted by Gasteiger charge is -2.43. The molecule has 16 heteroatoms. The minimum atomic E-state index is -1.72. The van der Waals surface area contributed by atoms with Gasteiger partial charge in [-0.1, -0.05) is 67.3 Å². The van der Waals surface area contributed by atoms with Crippen LogP contribution in [0.15, 0.2) is 79.4 Å². The third kappa shape index (κ3) is 10.7. The molecule has 0 radical (unpaired) electrons. The molecule has 57 heavy (non-hydrogen) atoms. The third-order valence-electron chi connectivity index (χ3n) is 8.97. The first-order valence-electron chi connectivity index (χ1n) is 18.1. The number of carbonyl (C=O) groups is 6. The van der Waals surface area contributed by atoms with Gasteiger partial charge in [-0.25, -0.2) is 9.59 Å². The van der Waals surface area contributed by atoms with Gasteiger partial charge < -0.3 is 48.9 Å². The monoisotopic (exact) mass is 788 g/mol. The summed E-state index contributed by atoms with van der Waals surface area (Å²) in [4.78, 5) is 75.3. The molecule has 1 aliphatic carbocycles. The van der Waals surface area contributed by atoms with E-state index in [1.807, 2.05) is 48.5 Å². The van der Waals surface area contributed by atoms with Crippen LogP contribution in [0.1, 0.15) is 55.4 Å². The molecule has 16 nitrogen and oxygen atoms in total. The molecule has 3 aromatic rings. The minimum Gasteiger partial charge on any atom is -0.460 e. The number of carbonyl (C=O) groups excluding carboxylic acids is 6. The van der Waals surface area contributed by atoms with Gasteiger partial charge in [0, 0.05) is 51.8 Å². The lowest BCUT2D eigenvalue weighted by Crippen LogP contribution is -2.64. The largest absolute Gasteiger partial charge is 0.460 e. The molecule has 0 unspecified atom stereocenters. The minimum absolute atomic E-state index is 0.0348. The molecule has 0 aromatic heterocycles. The Morgan fingerprint density at radius 2 is 1.40 bits per heavy atom. The van der Waals surface area contributed by atoms with Gasteiger partial charge in [0.15, 0.2) is 18.3 Å². The summed E-state index contributed by atoms with van der Waals surface area (Å²) in [6.45, 7) is 6.02. The molecule has 0 bridgehead atoms. The molecule has 0 saturated carbocycles. The summed E-state index contributed by atoms with van der Waals surface area (Å²) >= 11 is 0. The third-order valence-corrected chi connectivity index (χ3v) is 8.97. The van der Waals surface area contributed by atoms with E-state index in [1.54, 1.807) is 0 Å². The number of alkyl carbamates (subject to hydrolysis) is 1. The number of aliphatic hydroxyl groups excluding tert-OH is 1. The van der Waals surface area contributed by atoms with Crippen molar-refractivity contribution < 1.29 is 67.0 Å². The Balaban J connectivity index is 1.24. The Morgan fingerprint density at radius 3 is 2.02 bits per heavy atom. The van der Waals surface area contributed by atoms with E-state index >= 15 is 0 Å². The molecule has 302 valence electrons. The highest BCUT2D eigenvalue weighted by atomic mass is 16.7. The number of rotatable bonds is 16. The fraction of sp³-hybridized carbons (Fsp3) is 0.366. The predicted molar refractivity (Wildman–Crippen MR) is 199 cm³/mol. The molecule has 5 rings (SSSR count). The highest BCUT2D eigenvalue weighted by Gasteiger charge is 2.56. The number of fused-ring (bicyclic) bond motifs is 3. The maximum absolute atomic E-state index is 13.1. The van der Waals surface area contributed by atoms with Crippen LogP contribution < -0.4 is 15.4 Å². The van der Waals surface area contributed by atoms with Gasteiger partial charge in [-0.15, -0.1) is 0 Å². The van der Waals surface area contributed by atoms with Crippen LogP contribution in [-0.2, 0) is 65.5 Å². The van der Waals surface area contributed by atoms with Gasteiger partial charge in [-0.05, 0) is 39.9 Å². The zero-order chi connectivity index (χ0) is 41.1. The van der Waals surface area contributed by atoms with E-state index in [1.165, 1.54) is 24.3 Å². The fourth-order valence-corrected chi connectivity index (χ4v) is 6.60. The number of esters is 4. The Labute approximate surface area is 328 Å². The number of nitrogens with one attached hydrogen (secondary N) is 2. The number of hydrogen-bond donors (Lipinski definition) is 3. The van der Waals surface area contributed by atoms with Crippen molar-refractivity contribution in [3.8, 4) is 16.9 Å². The van der Waals surface area contributed by atoms with Crippen LogP contribution in [-0.4, -0.2) is 91.4 Å². The maximum atomic E-state index is 13.1. The Kier molecular flexibility index (Phi) is 14.4. The van der Waals surface area contributed by atoms with Crippen LogP contribution in [0, 0.1) is 0 Å². The van der Waals surface area contributed by atoms with Crippen LogP contribution in [0.4, 0.5) is 4.79 Å². The van der Waals surface area contributed by atoms with Crippen molar-refractivity contribution in [2.75, 3.05) is 19.8 Å². The summed E-state index contributed by atoms with van der Waals surface area (Å²) in [5, 5.41) is 15.2. The predicted octanol–water partition coefficient (Wildman–Crippen LogP) is 3.35. The van der Waals surface area contributed by atoms with E-state index in [9.17, 15) is 33.9 Å². The van der Waals surface area contributed by atoms with Gasteiger partial charge in [-0.3, -0.25) is 19.2 Å². The van der Waals surface area contributed by atoms with E-state index in [2.05, 4.69) is 17.2 Å². The highest BCUT2D eigenvalue weighted by Crippen LogP contribution is 2.44. The first-order chi connectivity index (χ1) is 27.4. The molecule has 5 atom stereocenters. The summed E-state index contributed by atoms with van der Waals surface area (Å²) in [5.41, 5.74) is 5.10. The van der Waals surface area contributed by atoms with Crippen molar-refractivity contribution >= 4 is 35.9 Å². The maximum Gasteiger partial charge on any atom is 0.407 e. The molecule has 3 aromatic carbocycles. The molecule has 0 spiro atoms. The average molecular weight is 789 g/mol. The van der Waals surface area contributed by atoms with Crippen LogP contribution in [0.2, 0.25) is 0 Å². The van der Waals surface area contributed by atoms with Crippen molar-refractivity contribution in [1.29, 1.82) is 0 Å². The zero-order valence-corrected chi connectivity index (χ0v) is 31.6. The SMILES string of the molecule is C=CCOC(=O)[C@H]1O[C@@H](Oc2ccc(CO)cc2CNC(=O)CCNC(=O)OCC2c3ccccc3-c3ccccc32)[C@H](OC(C)=O)[C@@H](OC(C)=O)[C@@H]1OC(C)=O. The van der Waals surface area contributed by atoms with Gasteiger partial charge in [0.05, 0.1) is 6.61 Å². The standard InChI is InChI=1S/C41H44N2O14/c1-5-18-51-39(49)37-35(53-23(2)45)36(54-24(3)46)38(55-25(4)47)40(57-37)56-33-15-14-26(21-44)19-27(33)20-43-34(48)16-17-42-41(50)52-22-32-30-12-8-6-10-28(30)29-11-7-9-13-31(29)32/h5-15,19,32,35-38,40,44H,1,16-18,20-22H2,2-4H3,(H,42,50)(H,43,48)/t35-,36-,37-,38+,40+/m0/s1. The normalized spacial score (nSPS) is 19.5. The summed E-state index contributed by atoms with van der Waals surface area (Å²) in [6, 6.07) is 20.4. The molecule has 3 N–H and O–H groups in total. The zero-order valence-electron chi connectivity index (χ0n) is 31.6. The lowest BCUT2D eigenvalue weighted by molar-refractivity contribution is -0.282. The average Bonchev–Trinajstić information content (AvgIpc) is 3.50. The molecular formula is C41H44N2O14. The topological polar surface area (TPSA) is 211 Å². The summed E-state index contributed by atoms with van der Waals surface area (Å²) in [7, 11) is 0. The smallest absolute Gasteiger partial charge is 0.407 e. The first-order valence-corrected chi connectivity index (χ1v) is 18.1. The van der Waals surface area contributed by atoms with E-state index in [0.717, 1.165) is 43.0 Å². The van der Waals surface area contributed by atoms with Crippen LogP contribution in [0.5, 0.6) is 5.75 Å². The van der Waals surface area contributed by atoms with Crippen molar-refractivity contribution in [2.45, 2.75) is 77.0 Å². The molecule has 2 aliphatic rings. The van der Waals surface area contributed by atoms with E-state index in [0.29, 0.717) is 11.1 Å². The second kappa shape index (κ2) is 19.6. The summed E-state index contributed by atoms with van der Waals surface area (Å²) in [6.07, 6.45) is -7.69. The quantitative estimate of drug-likeness (QED) is 0.108. The fourth-order valence-electron chi connectivity index (χ4n) is 6.60. The number of aliphatic hydroxyl groups is 1. The van der Waals surface area contributed by atoms with Gasteiger partial charge in [0.1, 0.15) is 19.0 Å². The molecule has 2 amide bonds. The van der Waals surface area contributed by atoms with Crippen molar-refractivity contribution in [1.82, 2.24) is 10.6 Å². The Morgan fingerprint density at radius 1 is 0.789 bits per heavy atom. The van der Waals surface area contributed by atoms with Crippen LogP contribution in [0.25, 0.3) is 11.1 Å². The second-order valence-corrected chi connectivity index (χ2v) is 13.1. The molecular weight excluding hydrogens is 744 g/mol. The van der Waals surface area contributed by atoms with Crippen molar-refractivity contribution in [2.24, 2.45) is 0 Å². The van der Waals surface area contributed by atoms with Crippen LogP contribution in [0.3, 0.4) is 0 Å². The molecule has 1 fully saturated rings. The molecule has 1 saturated heterocycles. The summed E-state index contributed by atoms with van der Waals surface area (Å²) in [5.74, 6) is -4.13. The number of amides is 2. The van der Waals surface area contributed by atoms with E-state index in [-0.39, 0.29) is 51.0 Å². The molecule has 1 aliphatic heterocycles. The second-order valence-electron chi connectivity index (χ2n) is 13.1. The van der Waals surface area contributed by atoms with Crippen LogP contribution >= 0.6 is 0 Å². The number of benzene rings is 3. The van der Waals surface area contributed by atoms with Gasteiger partial charge in [0.25, 0.3) is 0 Å². The number of ether oxygens (including phenoxy) is 7. The van der Waals surface area contributed by atoms with Gasteiger partial charge in [0.2, 0.25) is 18.3 Å². The molecule has 1 heterocycles. The summed E-state index contributed by atoms with van der Waals surface area (Å²) < 4.78 is 39.0. The van der Waals surface area contributed by atoms with E-state index < -0.39 is 66.6 Å². The van der Waals surface area contributed by atoms with Crippen molar-refractivity contribution in [3.05, 3.63) is 102 Å². The van der Waals surface area contributed by atoms with Crippen molar-refractivity contribution in [3.63, 3.8) is 0 Å². The lowest BCUT2D eigenvalue weighted by atomic mass is 9.97. The highest BCUT2D eigenvalue weighted by molar-refractivity contribution is 5.80. The van der Waals surface area contributed by atoms with Gasteiger partial charge >= 0.3 is 30.0 Å². The van der Waals surface area contributed by atoms with Gasteiger partial charge in [-0.2, -0.15) is 0 Å². The first kappa shape index (κ1) is 41.9. The Hall–Kier alpha value is -6.26.